The number of hydrogen-bond donors (Lipinski definition) is 1. The van der Waals surface area contributed by atoms with Crippen LogP contribution in [0.5, 0.6) is 0 Å². The van der Waals surface area contributed by atoms with E-state index in [2.05, 4.69) is 4.98 Å². The highest BCUT2D eigenvalue weighted by molar-refractivity contribution is 6.20. The zero-order valence-corrected chi connectivity index (χ0v) is 12.3. The van der Waals surface area contributed by atoms with Crippen molar-refractivity contribution in [3.8, 4) is 0 Å². The highest BCUT2D eigenvalue weighted by Crippen LogP contribution is 2.32. The van der Waals surface area contributed by atoms with Gasteiger partial charge in [0.15, 0.2) is 0 Å². The van der Waals surface area contributed by atoms with Crippen molar-refractivity contribution in [2.75, 3.05) is 0 Å². The zero-order chi connectivity index (χ0) is 14.4. The molecule has 1 heterocycles. The number of fused-ring (bicyclic) bond motifs is 1. The number of para-hydroxylation sites is 1. The second-order valence-electron chi connectivity index (χ2n) is 5.29. The lowest BCUT2D eigenvalue weighted by Crippen LogP contribution is -2.42. The van der Waals surface area contributed by atoms with Crippen LogP contribution >= 0.6 is 11.6 Å². The van der Waals surface area contributed by atoms with Crippen LogP contribution in [0.1, 0.15) is 37.5 Å². The number of carbonyl (C=O) groups is 1. The monoisotopic (exact) mass is 279 g/mol. The van der Waals surface area contributed by atoms with Crippen molar-refractivity contribution in [3.63, 3.8) is 0 Å². The third-order valence-electron chi connectivity index (χ3n) is 3.42. The second kappa shape index (κ2) is 4.53. The number of hydrogen-bond acceptors (Lipinski definition) is 2. The highest BCUT2D eigenvalue weighted by Gasteiger charge is 2.33. The number of imidazole rings is 1. The van der Waals surface area contributed by atoms with Gasteiger partial charge in [-0.3, -0.25) is 4.79 Å². The van der Waals surface area contributed by atoms with Crippen LogP contribution in [0.3, 0.4) is 0 Å². The van der Waals surface area contributed by atoms with Gasteiger partial charge in [0.1, 0.15) is 11.4 Å². The third-order valence-corrected chi connectivity index (χ3v) is 3.62. The van der Waals surface area contributed by atoms with Crippen LogP contribution in [-0.4, -0.2) is 15.5 Å². The fourth-order valence-electron chi connectivity index (χ4n) is 2.26. The van der Waals surface area contributed by atoms with Gasteiger partial charge in [-0.15, -0.1) is 11.6 Å². The number of primary amides is 1. The van der Waals surface area contributed by atoms with Crippen LogP contribution in [-0.2, 0) is 10.3 Å². The second-order valence-corrected chi connectivity index (χ2v) is 5.94. The molecule has 1 aromatic carbocycles. The maximum absolute atomic E-state index is 11.8. The molecule has 0 radical (unpaired) electrons. The van der Waals surface area contributed by atoms with E-state index in [0.29, 0.717) is 5.82 Å². The number of amides is 1. The first-order valence-electron chi connectivity index (χ1n) is 6.19. The predicted molar refractivity (Wildman–Crippen MR) is 77.3 cm³/mol. The maximum atomic E-state index is 11.8. The minimum Gasteiger partial charge on any atom is -0.368 e. The van der Waals surface area contributed by atoms with Gasteiger partial charge in [-0.2, -0.15) is 0 Å². The molecule has 0 spiro atoms. The quantitative estimate of drug-likeness (QED) is 0.878. The number of rotatable bonds is 3. The van der Waals surface area contributed by atoms with E-state index in [4.69, 9.17) is 17.3 Å². The molecule has 1 unspecified atom stereocenters. The van der Waals surface area contributed by atoms with Gasteiger partial charge in [0.25, 0.3) is 0 Å². The topological polar surface area (TPSA) is 60.9 Å². The number of halogens is 1. The number of aryl methyl sites for hydroxylation is 1. The van der Waals surface area contributed by atoms with Crippen LogP contribution < -0.4 is 5.73 Å². The van der Waals surface area contributed by atoms with Crippen molar-refractivity contribution < 1.29 is 4.79 Å². The van der Waals surface area contributed by atoms with Crippen LogP contribution in [0, 0.1) is 6.92 Å². The number of aromatic nitrogens is 2. The number of nitrogens with zero attached hydrogens (tertiary/aromatic N) is 2. The van der Waals surface area contributed by atoms with Gasteiger partial charge in [-0.25, -0.2) is 4.98 Å². The van der Waals surface area contributed by atoms with Crippen LogP contribution in [0.15, 0.2) is 18.2 Å². The Balaban J connectivity index is 2.90. The van der Waals surface area contributed by atoms with E-state index in [1.54, 1.807) is 13.8 Å². The highest BCUT2D eigenvalue weighted by atomic mass is 35.5. The summed E-state index contributed by atoms with van der Waals surface area (Å²) in [6, 6.07) is 5.84. The molecular weight excluding hydrogens is 262 g/mol. The van der Waals surface area contributed by atoms with Gasteiger partial charge in [0.2, 0.25) is 5.91 Å². The van der Waals surface area contributed by atoms with Crippen molar-refractivity contribution in [1.82, 2.24) is 9.55 Å². The first-order valence-corrected chi connectivity index (χ1v) is 6.63. The first-order chi connectivity index (χ1) is 8.76. The van der Waals surface area contributed by atoms with Crippen molar-refractivity contribution in [2.45, 2.75) is 38.6 Å². The molecule has 0 aliphatic heterocycles. The van der Waals surface area contributed by atoms with Crippen LogP contribution in [0.25, 0.3) is 11.0 Å². The summed E-state index contributed by atoms with van der Waals surface area (Å²) in [5.74, 6) is 0.253. The molecule has 0 saturated heterocycles. The van der Waals surface area contributed by atoms with E-state index >= 15 is 0 Å². The molecule has 0 saturated carbocycles. The molecule has 102 valence electrons. The predicted octanol–water partition coefficient (Wildman–Crippen LogP) is 2.86. The van der Waals surface area contributed by atoms with E-state index in [-0.39, 0.29) is 5.38 Å². The SMILES string of the molecule is Cc1cccc2nc(C(C)Cl)n(C(C)(C)C(N)=O)c12. The maximum Gasteiger partial charge on any atom is 0.243 e. The van der Waals surface area contributed by atoms with E-state index < -0.39 is 11.4 Å². The minimum absolute atomic E-state index is 0.301. The van der Waals surface area contributed by atoms with Gasteiger partial charge < -0.3 is 10.3 Å². The lowest BCUT2D eigenvalue weighted by molar-refractivity contribution is -0.125. The molecule has 4 nitrogen and oxygen atoms in total. The number of alkyl halides is 1. The normalized spacial score (nSPS) is 13.7. The molecule has 0 fully saturated rings. The number of carbonyl (C=O) groups excluding carboxylic acids is 1. The Labute approximate surface area is 117 Å². The van der Waals surface area contributed by atoms with E-state index in [1.807, 2.05) is 36.6 Å². The molecule has 2 rings (SSSR count). The van der Waals surface area contributed by atoms with E-state index in [9.17, 15) is 4.79 Å². The van der Waals surface area contributed by atoms with Gasteiger partial charge in [0.05, 0.1) is 16.4 Å². The summed E-state index contributed by atoms with van der Waals surface area (Å²) in [5.41, 5.74) is 7.45. The van der Waals surface area contributed by atoms with Gasteiger partial charge in [0, 0.05) is 0 Å². The largest absolute Gasteiger partial charge is 0.368 e. The Morgan fingerprint density at radius 2 is 2.11 bits per heavy atom. The molecule has 0 aliphatic carbocycles. The van der Waals surface area contributed by atoms with Crippen LogP contribution in [0.2, 0.25) is 0 Å². The lowest BCUT2D eigenvalue weighted by atomic mass is 10.0. The molecule has 0 bridgehead atoms. The lowest BCUT2D eigenvalue weighted by Gasteiger charge is -2.27. The number of nitrogens with two attached hydrogens (primary N) is 1. The van der Waals surface area contributed by atoms with Crippen molar-refractivity contribution >= 4 is 28.5 Å². The summed E-state index contributed by atoms with van der Waals surface area (Å²) in [6.45, 7) is 7.39. The Kier molecular flexibility index (Phi) is 3.31. The Bertz CT molecular complexity index is 643. The Morgan fingerprint density at radius 1 is 1.47 bits per heavy atom. The average Bonchev–Trinajstić information content (AvgIpc) is 2.70. The summed E-state index contributed by atoms with van der Waals surface area (Å²) in [6.07, 6.45) is 0. The van der Waals surface area contributed by atoms with Crippen molar-refractivity contribution in [1.29, 1.82) is 0 Å². The van der Waals surface area contributed by atoms with Gasteiger partial charge >= 0.3 is 0 Å². The summed E-state index contributed by atoms with van der Waals surface area (Å²) >= 11 is 6.21. The smallest absolute Gasteiger partial charge is 0.243 e. The molecule has 1 amide bonds. The molecule has 0 aliphatic rings. The summed E-state index contributed by atoms with van der Waals surface area (Å²) in [5, 5.41) is -0.301. The van der Waals surface area contributed by atoms with Gasteiger partial charge in [-0.05, 0) is 39.3 Å². The molecular formula is C14H18ClN3O. The Hall–Kier alpha value is -1.55. The Morgan fingerprint density at radius 3 is 2.63 bits per heavy atom. The molecule has 2 aromatic rings. The third kappa shape index (κ3) is 2.10. The average molecular weight is 280 g/mol. The van der Waals surface area contributed by atoms with Crippen molar-refractivity contribution in [3.05, 3.63) is 29.6 Å². The fourth-order valence-corrected chi connectivity index (χ4v) is 2.40. The summed E-state index contributed by atoms with van der Waals surface area (Å²) in [4.78, 5) is 16.3. The molecule has 5 heteroatoms. The molecule has 19 heavy (non-hydrogen) atoms. The van der Waals surface area contributed by atoms with Gasteiger partial charge in [-0.1, -0.05) is 12.1 Å². The van der Waals surface area contributed by atoms with Crippen LogP contribution in [0.4, 0.5) is 0 Å². The molecule has 2 N–H and O–H groups in total. The zero-order valence-electron chi connectivity index (χ0n) is 11.6. The fraction of sp³-hybridized carbons (Fsp3) is 0.429. The number of benzene rings is 1. The summed E-state index contributed by atoms with van der Waals surface area (Å²) < 4.78 is 1.86. The van der Waals surface area contributed by atoms with E-state index in [1.165, 1.54) is 0 Å². The van der Waals surface area contributed by atoms with E-state index in [0.717, 1.165) is 16.6 Å². The van der Waals surface area contributed by atoms with Crippen molar-refractivity contribution in [2.24, 2.45) is 5.73 Å². The minimum atomic E-state index is -0.876. The first kappa shape index (κ1) is 13.9. The molecule has 1 aromatic heterocycles. The standard InChI is InChI=1S/C14H18ClN3O/c1-8-6-5-7-10-11(8)18(12(17-10)9(2)15)14(3,4)13(16)19/h5-7,9H,1-4H3,(H2,16,19). The summed E-state index contributed by atoms with van der Waals surface area (Å²) in [7, 11) is 0. The molecule has 1 atom stereocenters.